The molecule has 3 aromatic rings. The van der Waals surface area contributed by atoms with Gasteiger partial charge in [0.2, 0.25) is 0 Å². The molecule has 0 aromatic heterocycles. The Hall–Kier alpha value is -2.68. The van der Waals surface area contributed by atoms with Gasteiger partial charge in [-0.15, -0.1) is 0 Å². The summed E-state index contributed by atoms with van der Waals surface area (Å²) >= 11 is 0. The van der Waals surface area contributed by atoms with Crippen LogP contribution >= 0.6 is 0 Å². The molecule has 0 heterocycles. The largest absolute Gasteiger partial charge is 0.254 e. The molecular weight excluding hydrogens is 292 g/mol. The van der Waals surface area contributed by atoms with Crippen molar-refractivity contribution in [1.29, 1.82) is 0 Å². The zero-order valence-electron chi connectivity index (χ0n) is 13.7. The second-order valence-corrected chi connectivity index (χ2v) is 5.61. The first-order chi connectivity index (χ1) is 11.9. The van der Waals surface area contributed by atoms with Gasteiger partial charge in [-0.05, 0) is 28.3 Å². The summed E-state index contributed by atoms with van der Waals surface area (Å²) in [4.78, 5) is 0. The Labute approximate surface area is 143 Å². The number of hydrogen-bond acceptors (Lipinski definition) is 2. The van der Waals surface area contributed by atoms with Crippen molar-refractivity contribution in [2.45, 2.75) is 6.54 Å². The second kappa shape index (κ2) is 8.82. The maximum Gasteiger partial charge on any atom is 0.0351 e. The number of nitrogens with one attached hydrogen (secondary N) is 2. The Morgan fingerprint density at radius 2 is 1.38 bits per heavy atom. The maximum absolute atomic E-state index is 3.22. The Morgan fingerprint density at radius 3 is 2.17 bits per heavy atom. The first-order valence-corrected chi connectivity index (χ1v) is 8.23. The lowest BCUT2D eigenvalue weighted by Crippen LogP contribution is -2.31. The molecule has 0 aliphatic rings. The van der Waals surface area contributed by atoms with Crippen LogP contribution < -0.4 is 10.9 Å². The summed E-state index contributed by atoms with van der Waals surface area (Å²) in [5.41, 5.74) is 11.4. The van der Waals surface area contributed by atoms with E-state index >= 15 is 0 Å². The number of benzene rings is 3. The van der Waals surface area contributed by atoms with Crippen molar-refractivity contribution in [3.05, 3.63) is 102 Å². The first kappa shape index (κ1) is 16.2. The second-order valence-electron chi connectivity index (χ2n) is 5.61. The van der Waals surface area contributed by atoms with Crippen LogP contribution in [0, 0.1) is 0 Å². The summed E-state index contributed by atoms with van der Waals surface area (Å²) in [6.45, 7) is 1.60. The highest BCUT2D eigenvalue weighted by Gasteiger charge is 1.96. The fourth-order valence-electron chi connectivity index (χ4n) is 2.54. The van der Waals surface area contributed by atoms with E-state index < -0.39 is 0 Å². The van der Waals surface area contributed by atoms with Crippen LogP contribution in [0.15, 0.2) is 91.0 Å². The molecular formula is C22H22N2. The molecule has 0 aliphatic carbocycles. The lowest BCUT2D eigenvalue weighted by atomic mass is 10.0. The number of hydrogen-bond donors (Lipinski definition) is 2. The molecule has 0 bridgehead atoms. The SMILES string of the molecule is C(=C\c1cccc(-c2ccccc2)c1)/CNNCc1ccccc1. The molecule has 0 saturated heterocycles. The van der Waals surface area contributed by atoms with Crippen molar-refractivity contribution in [2.24, 2.45) is 0 Å². The van der Waals surface area contributed by atoms with Gasteiger partial charge in [0.15, 0.2) is 0 Å². The fraction of sp³-hybridized carbons (Fsp3) is 0.0909. The Morgan fingerprint density at radius 1 is 0.667 bits per heavy atom. The number of rotatable bonds is 7. The lowest BCUT2D eigenvalue weighted by molar-refractivity contribution is 0.567. The summed E-state index contributed by atoms with van der Waals surface area (Å²) in [6.07, 6.45) is 4.27. The van der Waals surface area contributed by atoms with Crippen molar-refractivity contribution in [3.63, 3.8) is 0 Å². The van der Waals surface area contributed by atoms with Gasteiger partial charge in [0.1, 0.15) is 0 Å². The van der Waals surface area contributed by atoms with Crippen LogP contribution in [0.3, 0.4) is 0 Å². The molecule has 2 heteroatoms. The van der Waals surface area contributed by atoms with E-state index in [1.807, 2.05) is 12.1 Å². The molecule has 0 fully saturated rings. The monoisotopic (exact) mass is 314 g/mol. The molecule has 0 aliphatic heterocycles. The lowest BCUT2D eigenvalue weighted by Gasteiger charge is -2.05. The Balaban J connectivity index is 1.48. The molecule has 2 nitrogen and oxygen atoms in total. The third kappa shape index (κ3) is 4.92. The van der Waals surface area contributed by atoms with Gasteiger partial charge >= 0.3 is 0 Å². The normalized spacial score (nSPS) is 11.0. The molecule has 3 aromatic carbocycles. The topological polar surface area (TPSA) is 24.1 Å². The summed E-state index contributed by atoms with van der Waals surface area (Å²) in [6, 6.07) is 29.4. The third-order valence-electron chi connectivity index (χ3n) is 3.78. The van der Waals surface area contributed by atoms with Crippen LogP contribution in [0.1, 0.15) is 11.1 Å². The predicted molar refractivity (Wildman–Crippen MR) is 102 cm³/mol. The predicted octanol–water partition coefficient (Wildman–Crippen LogP) is 4.66. The van der Waals surface area contributed by atoms with E-state index in [2.05, 4.69) is 95.8 Å². The summed E-state index contributed by atoms with van der Waals surface area (Å²) in [7, 11) is 0. The van der Waals surface area contributed by atoms with Crippen molar-refractivity contribution in [1.82, 2.24) is 10.9 Å². The van der Waals surface area contributed by atoms with Crippen molar-refractivity contribution in [3.8, 4) is 11.1 Å². The van der Waals surface area contributed by atoms with E-state index in [1.54, 1.807) is 0 Å². The highest BCUT2D eigenvalue weighted by Crippen LogP contribution is 2.20. The van der Waals surface area contributed by atoms with E-state index in [0.717, 1.165) is 13.1 Å². The van der Waals surface area contributed by atoms with Gasteiger partial charge in [0.25, 0.3) is 0 Å². The minimum absolute atomic E-state index is 0.780. The van der Waals surface area contributed by atoms with Gasteiger partial charge in [0.05, 0.1) is 0 Å². The molecule has 3 rings (SSSR count). The summed E-state index contributed by atoms with van der Waals surface area (Å²) in [5.74, 6) is 0. The van der Waals surface area contributed by atoms with Crippen LogP contribution in [-0.2, 0) is 6.54 Å². The minimum atomic E-state index is 0.780. The molecule has 0 saturated carbocycles. The average molecular weight is 314 g/mol. The van der Waals surface area contributed by atoms with E-state index in [0.29, 0.717) is 0 Å². The first-order valence-electron chi connectivity index (χ1n) is 8.23. The zero-order valence-corrected chi connectivity index (χ0v) is 13.7. The average Bonchev–Trinajstić information content (AvgIpc) is 2.66. The van der Waals surface area contributed by atoms with Gasteiger partial charge in [-0.25, -0.2) is 0 Å². The highest BCUT2D eigenvalue weighted by molar-refractivity contribution is 5.67. The highest BCUT2D eigenvalue weighted by atomic mass is 15.3. The van der Waals surface area contributed by atoms with Crippen molar-refractivity contribution < 1.29 is 0 Å². The van der Waals surface area contributed by atoms with Crippen LogP contribution in [-0.4, -0.2) is 6.54 Å². The molecule has 0 spiro atoms. The minimum Gasteiger partial charge on any atom is -0.254 e. The third-order valence-corrected chi connectivity index (χ3v) is 3.78. The summed E-state index contributed by atoms with van der Waals surface area (Å²) < 4.78 is 0. The van der Waals surface area contributed by atoms with Gasteiger partial charge < -0.3 is 0 Å². The molecule has 0 radical (unpaired) electrons. The van der Waals surface area contributed by atoms with E-state index in [4.69, 9.17) is 0 Å². The maximum atomic E-state index is 3.22. The quantitative estimate of drug-likeness (QED) is 0.489. The van der Waals surface area contributed by atoms with Gasteiger partial charge in [-0.3, -0.25) is 10.9 Å². The summed E-state index contributed by atoms with van der Waals surface area (Å²) in [5, 5.41) is 0. The van der Waals surface area contributed by atoms with E-state index in [9.17, 15) is 0 Å². The van der Waals surface area contributed by atoms with Crippen molar-refractivity contribution >= 4 is 6.08 Å². The van der Waals surface area contributed by atoms with Gasteiger partial charge in [-0.2, -0.15) is 0 Å². The smallest absolute Gasteiger partial charge is 0.0351 e. The molecule has 0 unspecified atom stereocenters. The molecule has 0 atom stereocenters. The number of hydrazine groups is 1. The molecule has 120 valence electrons. The van der Waals surface area contributed by atoms with Crippen LogP contribution in [0.25, 0.3) is 17.2 Å². The van der Waals surface area contributed by atoms with Crippen LogP contribution in [0.2, 0.25) is 0 Å². The van der Waals surface area contributed by atoms with Crippen LogP contribution in [0.5, 0.6) is 0 Å². The van der Waals surface area contributed by atoms with Gasteiger partial charge in [0, 0.05) is 13.1 Å². The molecule has 2 N–H and O–H groups in total. The van der Waals surface area contributed by atoms with Crippen molar-refractivity contribution in [2.75, 3.05) is 6.54 Å². The van der Waals surface area contributed by atoms with E-state index in [-0.39, 0.29) is 0 Å². The zero-order chi connectivity index (χ0) is 16.5. The molecule has 0 amide bonds. The Kier molecular flexibility index (Phi) is 5.95. The Bertz CT molecular complexity index is 764. The van der Waals surface area contributed by atoms with Crippen LogP contribution in [0.4, 0.5) is 0 Å². The standard InChI is InChI=1S/C22H22N2/c1-3-9-20(10-4-1)18-24-23-16-8-12-19-11-7-15-22(17-19)21-13-5-2-6-14-21/h1-15,17,23-24H,16,18H2/b12-8+. The fourth-order valence-corrected chi connectivity index (χ4v) is 2.54. The van der Waals surface area contributed by atoms with Gasteiger partial charge in [-0.1, -0.05) is 91.0 Å². The molecule has 24 heavy (non-hydrogen) atoms. The van der Waals surface area contributed by atoms with E-state index in [1.165, 1.54) is 22.3 Å².